The number of ether oxygens (including phenoxy) is 2. The number of thioether (sulfide) groups is 1. The molecule has 0 saturated carbocycles. The van der Waals surface area contributed by atoms with Crippen molar-refractivity contribution in [2.45, 2.75) is 26.5 Å². The van der Waals surface area contributed by atoms with Crippen molar-refractivity contribution in [3.05, 3.63) is 106 Å². The molecule has 1 aliphatic heterocycles. The first-order valence-corrected chi connectivity index (χ1v) is 16.1. The second kappa shape index (κ2) is 14.0. The van der Waals surface area contributed by atoms with Gasteiger partial charge in [-0.05, 0) is 83.4 Å². The monoisotopic (exact) mass is 696 g/mol. The molecule has 3 amide bonds. The topological polar surface area (TPSA) is 111 Å². The molecule has 0 unspecified atom stereocenters. The molecule has 6 rings (SSSR count). The third kappa shape index (κ3) is 7.90. The summed E-state index contributed by atoms with van der Waals surface area (Å²) in [6, 6.07) is 15.6. The Kier molecular flexibility index (Phi) is 9.56. The molecule has 5 aromatic rings. The molecule has 246 valence electrons. The van der Waals surface area contributed by atoms with Gasteiger partial charge in [0, 0.05) is 11.1 Å². The van der Waals surface area contributed by atoms with Crippen LogP contribution in [-0.2, 0) is 22.7 Å². The number of carbonyl (C=O) groups is 2. The highest BCUT2D eigenvalue weighted by Crippen LogP contribution is 2.32. The first kappa shape index (κ1) is 32.9. The molecule has 48 heavy (non-hydrogen) atoms. The van der Waals surface area contributed by atoms with Crippen LogP contribution in [0.15, 0.2) is 88.8 Å². The highest BCUT2D eigenvalue weighted by atomic mass is 32.2. The average Bonchev–Trinajstić information content (AvgIpc) is 3.81. The van der Waals surface area contributed by atoms with Crippen LogP contribution >= 0.6 is 23.1 Å². The molecule has 16 heteroatoms. The Labute approximate surface area is 279 Å². The summed E-state index contributed by atoms with van der Waals surface area (Å²) in [5, 5.41) is 10.8. The van der Waals surface area contributed by atoms with Gasteiger partial charge in [-0.3, -0.25) is 9.69 Å². The Morgan fingerprint density at radius 1 is 1.06 bits per heavy atom. The molecular formula is C32H24F4N6O4S2. The highest BCUT2D eigenvalue weighted by molar-refractivity contribution is 8.15. The van der Waals surface area contributed by atoms with E-state index in [9.17, 15) is 22.8 Å². The molecule has 1 saturated heterocycles. The lowest BCUT2D eigenvalue weighted by atomic mass is 10.1. The second-order valence-corrected chi connectivity index (χ2v) is 12.1. The number of amides is 3. The van der Waals surface area contributed by atoms with E-state index in [4.69, 9.17) is 4.74 Å². The molecule has 1 aliphatic rings. The summed E-state index contributed by atoms with van der Waals surface area (Å²) < 4.78 is 63.5. The van der Waals surface area contributed by atoms with Crippen LogP contribution in [-0.4, -0.2) is 44.0 Å². The smallest absolute Gasteiger partial charge is 0.406 e. The molecule has 3 aromatic carbocycles. The van der Waals surface area contributed by atoms with E-state index in [-0.39, 0.29) is 40.5 Å². The molecule has 1 fully saturated rings. The number of alkyl halides is 3. The van der Waals surface area contributed by atoms with Gasteiger partial charge in [-0.2, -0.15) is 16.3 Å². The van der Waals surface area contributed by atoms with Crippen molar-refractivity contribution in [1.82, 2.24) is 14.8 Å². The second-order valence-electron chi connectivity index (χ2n) is 10.3. The van der Waals surface area contributed by atoms with Gasteiger partial charge in [0.15, 0.2) is 11.0 Å². The summed E-state index contributed by atoms with van der Waals surface area (Å²) >= 11 is 2.67. The quantitative estimate of drug-likeness (QED) is 0.157. The lowest BCUT2D eigenvalue weighted by Crippen LogP contribution is -2.31. The van der Waals surface area contributed by atoms with Crippen molar-refractivity contribution < 1.29 is 36.6 Å². The number of anilines is 2. The molecule has 0 radical (unpaired) electrons. The zero-order chi connectivity index (χ0) is 33.8. The number of aromatic nitrogens is 3. The number of aryl methyl sites for hydroxylation is 1. The molecule has 1 N–H and O–H groups in total. The molecule has 10 nitrogen and oxygen atoms in total. The van der Waals surface area contributed by atoms with E-state index in [0.29, 0.717) is 18.0 Å². The number of carbonyl (C=O) groups excluding carboxylic acids is 2. The summed E-state index contributed by atoms with van der Waals surface area (Å²) in [7, 11) is 0. The fraction of sp³-hybridized carbons (Fsp3) is 0.156. The first-order valence-electron chi connectivity index (χ1n) is 14.1. The maximum Gasteiger partial charge on any atom is 0.573 e. The Bertz CT molecular complexity index is 1980. The Morgan fingerprint density at radius 2 is 1.88 bits per heavy atom. The fourth-order valence-electron chi connectivity index (χ4n) is 4.65. The zero-order valence-electron chi connectivity index (χ0n) is 24.9. The van der Waals surface area contributed by atoms with Crippen LogP contribution in [0, 0.1) is 12.7 Å². The third-order valence-corrected chi connectivity index (χ3v) is 8.50. The summed E-state index contributed by atoms with van der Waals surface area (Å²) in [5.41, 5.74) is 3.75. The molecule has 0 bridgehead atoms. The largest absolute Gasteiger partial charge is 0.573 e. The summed E-state index contributed by atoms with van der Waals surface area (Å²) in [5.74, 6) is -1.24. The van der Waals surface area contributed by atoms with Gasteiger partial charge < -0.3 is 14.8 Å². The number of nitrogens with one attached hydrogen (secondary N) is 1. The number of hydrogen-bond donors (Lipinski definition) is 1. The van der Waals surface area contributed by atoms with Crippen molar-refractivity contribution >= 4 is 51.6 Å². The van der Waals surface area contributed by atoms with Crippen molar-refractivity contribution in [3.63, 3.8) is 0 Å². The number of thiophene rings is 1. The number of amidine groups is 1. The number of aliphatic imine (C=N–C) groups is 1. The maximum atomic E-state index is 15.1. The van der Waals surface area contributed by atoms with Gasteiger partial charge in [0.25, 0.3) is 0 Å². The number of halogens is 4. The van der Waals surface area contributed by atoms with Crippen molar-refractivity contribution in [2.75, 3.05) is 16.0 Å². The van der Waals surface area contributed by atoms with Gasteiger partial charge in [0.05, 0.1) is 36.0 Å². The van der Waals surface area contributed by atoms with E-state index in [2.05, 4.69) is 25.1 Å². The van der Waals surface area contributed by atoms with E-state index in [0.717, 1.165) is 46.7 Å². The average molecular weight is 697 g/mol. The van der Waals surface area contributed by atoms with E-state index in [1.807, 2.05) is 41.9 Å². The van der Waals surface area contributed by atoms with Crippen LogP contribution in [0.4, 0.5) is 33.7 Å². The Balaban J connectivity index is 1.14. The van der Waals surface area contributed by atoms with Crippen molar-refractivity contribution in [3.8, 4) is 22.8 Å². The maximum absolute atomic E-state index is 15.1. The van der Waals surface area contributed by atoms with Crippen LogP contribution in [0.1, 0.15) is 16.7 Å². The van der Waals surface area contributed by atoms with Gasteiger partial charge >= 0.3 is 12.4 Å². The predicted octanol–water partition coefficient (Wildman–Crippen LogP) is 7.73. The molecule has 0 spiro atoms. The minimum absolute atomic E-state index is 0.0729. The van der Waals surface area contributed by atoms with Crippen LogP contribution in [0.5, 0.6) is 5.75 Å². The minimum Gasteiger partial charge on any atom is -0.406 e. The van der Waals surface area contributed by atoms with E-state index < -0.39 is 24.0 Å². The number of rotatable bonds is 9. The number of nitrogens with zero attached hydrogens (tertiary/aromatic N) is 5. The van der Waals surface area contributed by atoms with Gasteiger partial charge in [0.1, 0.15) is 17.9 Å². The van der Waals surface area contributed by atoms with Crippen LogP contribution in [0.25, 0.3) is 17.1 Å². The molecule has 0 aliphatic carbocycles. The zero-order valence-corrected chi connectivity index (χ0v) is 26.5. The summed E-state index contributed by atoms with van der Waals surface area (Å²) in [4.78, 5) is 35.5. The third-order valence-electron chi connectivity index (χ3n) is 6.85. The highest BCUT2D eigenvalue weighted by Gasteiger charge is 2.33. The number of urea groups is 1. The molecule has 0 atom stereocenters. The number of benzene rings is 3. The first-order chi connectivity index (χ1) is 23.0. The predicted molar refractivity (Wildman–Crippen MR) is 174 cm³/mol. The molecule has 2 aromatic heterocycles. The Hall–Kier alpha value is -5.06. The standard InChI is InChI=1S/C32H24F4N6O4S2/c1-19-2-3-22(15-45-14-20-10-11-47-16-20)27(12-19)42-28(43)17-48-31(42)39-30(44)38-26-9-4-21(13-25(26)33)29-37-18-41(40-29)23-5-7-24(8-6-23)46-32(34,35)36/h2-13,16,18H,14-15,17H2,1H3,(H,38,44). The summed E-state index contributed by atoms with van der Waals surface area (Å²) in [6.07, 6.45) is -3.49. The van der Waals surface area contributed by atoms with Crippen molar-refractivity contribution in [2.24, 2.45) is 4.99 Å². The van der Waals surface area contributed by atoms with Gasteiger partial charge in [0.2, 0.25) is 5.91 Å². The SMILES string of the molecule is Cc1ccc(COCc2ccsc2)c(N2C(=O)CSC2=NC(=O)Nc2ccc(-c3ncn(-c4ccc(OC(F)(F)F)cc4)n3)cc2F)c1. The Morgan fingerprint density at radius 3 is 2.60 bits per heavy atom. The van der Waals surface area contributed by atoms with E-state index >= 15 is 4.39 Å². The normalized spacial score (nSPS) is 14.1. The molecule has 3 heterocycles. The van der Waals surface area contributed by atoms with Gasteiger partial charge in [-0.15, -0.1) is 18.3 Å². The van der Waals surface area contributed by atoms with Crippen LogP contribution in [0.3, 0.4) is 0 Å². The van der Waals surface area contributed by atoms with Crippen molar-refractivity contribution in [1.29, 1.82) is 0 Å². The fourth-order valence-corrected chi connectivity index (χ4v) is 6.16. The van der Waals surface area contributed by atoms with E-state index in [1.165, 1.54) is 40.2 Å². The number of hydrogen-bond acceptors (Lipinski definition) is 8. The minimum atomic E-state index is -4.81. The molecular weight excluding hydrogens is 673 g/mol. The summed E-state index contributed by atoms with van der Waals surface area (Å²) in [6.45, 7) is 2.52. The lowest BCUT2D eigenvalue weighted by molar-refractivity contribution is -0.274. The van der Waals surface area contributed by atoms with Gasteiger partial charge in [-0.25, -0.2) is 18.9 Å². The lowest BCUT2D eigenvalue weighted by Gasteiger charge is -2.20. The van der Waals surface area contributed by atoms with Gasteiger partial charge in [-0.1, -0.05) is 23.9 Å². The van der Waals surface area contributed by atoms with Crippen LogP contribution < -0.4 is 15.0 Å². The van der Waals surface area contributed by atoms with Crippen LogP contribution in [0.2, 0.25) is 0 Å². The van der Waals surface area contributed by atoms with E-state index in [1.54, 1.807) is 11.3 Å².